The van der Waals surface area contributed by atoms with Gasteiger partial charge in [-0.25, -0.2) is 13.2 Å². The molecule has 0 aromatic heterocycles. The summed E-state index contributed by atoms with van der Waals surface area (Å²) in [5, 5.41) is 0. The van der Waals surface area contributed by atoms with Crippen molar-refractivity contribution >= 4 is 16.0 Å². The number of carbonyl (C=O) groups is 1. The van der Waals surface area contributed by atoms with Crippen molar-refractivity contribution in [3.8, 4) is 5.75 Å². The number of ether oxygens (including phenoxy) is 2. The molecule has 0 radical (unpaired) electrons. The van der Waals surface area contributed by atoms with E-state index in [2.05, 4.69) is 0 Å². The zero-order chi connectivity index (χ0) is 19.3. The van der Waals surface area contributed by atoms with Crippen LogP contribution in [0.1, 0.15) is 68.1 Å². The van der Waals surface area contributed by atoms with Crippen LogP contribution in [0.3, 0.4) is 0 Å². The molecular formula is C20H29NO5S. The minimum absolute atomic E-state index is 0.0463. The molecule has 3 rings (SSSR count). The molecule has 0 atom stereocenters. The van der Waals surface area contributed by atoms with E-state index in [1.54, 1.807) is 12.1 Å². The van der Waals surface area contributed by atoms with Gasteiger partial charge in [0.25, 0.3) is 0 Å². The fourth-order valence-corrected chi connectivity index (χ4v) is 5.53. The van der Waals surface area contributed by atoms with Crippen LogP contribution in [0, 0.1) is 0 Å². The summed E-state index contributed by atoms with van der Waals surface area (Å²) in [5.74, 6) is -0.203. The first-order valence-corrected chi connectivity index (χ1v) is 11.4. The van der Waals surface area contributed by atoms with Gasteiger partial charge in [-0.3, -0.25) is 0 Å². The molecule has 1 aromatic carbocycles. The summed E-state index contributed by atoms with van der Waals surface area (Å²) >= 11 is 0. The Morgan fingerprint density at radius 3 is 2.26 bits per heavy atom. The fourth-order valence-electron chi connectivity index (χ4n) is 3.83. The van der Waals surface area contributed by atoms with Crippen molar-refractivity contribution in [3.05, 3.63) is 23.8 Å². The van der Waals surface area contributed by atoms with Gasteiger partial charge in [0.15, 0.2) is 0 Å². The lowest BCUT2D eigenvalue weighted by atomic mass is 9.98. The second-order valence-electron chi connectivity index (χ2n) is 7.35. The number of nitrogens with zero attached hydrogens (tertiary/aromatic N) is 1. The van der Waals surface area contributed by atoms with Crippen LogP contribution in [0.2, 0.25) is 0 Å². The van der Waals surface area contributed by atoms with Gasteiger partial charge in [0.2, 0.25) is 10.0 Å². The van der Waals surface area contributed by atoms with Crippen molar-refractivity contribution in [2.75, 3.05) is 20.2 Å². The first-order valence-electron chi connectivity index (χ1n) is 9.91. The Balaban J connectivity index is 1.85. The van der Waals surface area contributed by atoms with Crippen LogP contribution >= 0.6 is 0 Å². The Morgan fingerprint density at radius 1 is 1.00 bits per heavy atom. The average Bonchev–Trinajstić information content (AvgIpc) is 2.98. The number of carbonyl (C=O) groups excluding carboxylic acids is 1. The molecule has 150 valence electrons. The summed E-state index contributed by atoms with van der Waals surface area (Å²) in [5.41, 5.74) is 0.259. The predicted molar refractivity (Wildman–Crippen MR) is 103 cm³/mol. The van der Waals surface area contributed by atoms with E-state index in [1.807, 2.05) is 0 Å². The van der Waals surface area contributed by atoms with Crippen molar-refractivity contribution in [1.29, 1.82) is 0 Å². The van der Waals surface area contributed by atoms with E-state index < -0.39 is 16.0 Å². The van der Waals surface area contributed by atoms with Crippen LogP contribution in [-0.2, 0) is 14.8 Å². The van der Waals surface area contributed by atoms with E-state index >= 15 is 0 Å². The van der Waals surface area contributed by atoms with Crippen molar-refractivity contribution in [1.82, 2.24) is 4.31 Å². The summed E-state index contributed by atoms with van der Waals surface area (Å²) < 4.78 is 38.7. The monoisotopic (exact) mass is 395 g/mol. The van der Waals surface area contributed by atoms with E-state index in [-0.39, 0.29) is 22.3 Å². The van der Waals surface area contributed by atoms with E-state index in [0.29, 0.717) is 13.1 Å². The lowest BCUT2D eigenvalue weighted by Gasteiger charge is -2.23. The van der Waals surface area contributed by atoms with Gasteiger partial charge in [-0.05, 0) is 56.7 Å². The number of rotatable bonds is 5. The van der Waals surface area contributed by atoms with Crippen LogP contribution in [0.5, 0.6) is 5.75 Å². The van der Waals surface area contributed by atoms with Crippen LogP contribution in [0.25, 0.3) is 0 Å². The molecule has 2 aliphatic rings. The number of sulfonamides is 1. The van der Waals surface area contributed by atoms with Crippen LogP contribution in [-0.4, -0.2) is 45.0 Å². The van der Waals surface area contributed by atoms with Gasteiger partial charge in [0.1, 0.15) is 16.7 Å². The van der Waals surface area contributed by atoms with Gasteiger partial charge < -0.3 is 9.47 Å². The molecule has 1 heterocycles. The van der Waals surface area contributed by atoms with Gasteiger partial charge in [-0.2, -0.15) is 4.31 Å². The third-order valence-electron chi connectivity index (χ3n) is 5.41. The Labute approximate surface area is 161 Å². The maximum atomic E-state index is 13.2. The number of benzene rings is 1. The van der Waals surface area contributed by atoms with Gasteiger partial charge in [0, 0.05) is 13.1 Å². The summed E-state index contributed by atoms with van der Waals surface area (Å²) in [6, 6.07) is 4.53. The molecule has 1 aliphatic heterocycles. The maximum Gasteiger partial charge on any atom is 0.338 e. The molecule has 0 spiro atoms. The van der Waals surface area contributed by atoms with E-state index in [1.165, 1.54) is 23.9 Å². The number of hydrogen-bond donors (Lipinski definition) is 0. The van der Waals surface area contributed by atoms with E-state index in [4.69, 9.17) is 9.47 Å². The largest absolute Gasteiger partial charge is 0.495 e. The topological polar surface area (TPSA) is 72.9 Å². The molecular weight excluding hydrogens is 366 g/mol. The Hall–Kier alpha value is -1.60. The molecule has 1 aromatic rings. The zero-order valence-corrected chi connectivity index (χ0v) is 16.8. The normalized spacial score (nSPS) is 20.0. The van der Waals surface area contributed by atoms with Gasteiger partial charge in [-0.15, -0.1) is 0 Å². The molecule has 7 heteroatoms. The number of esters is 1. The Bertz CT molecular complexity index is 748. The van der Waals surface area contributed by atoms with Crippen molar-refractivity contribution in [3.63, 3.8) is 0 Å². The number of methoxy groups -OCH3 is 1. The molecule has 1 saturated carbocycles. The lowest BCUT2D eigenvalue weighted by Crippen LogP contribution is -2.32. The van der Waals surface area contributed by atoms with E-state index in [0.717, 1.165) is 51.4 Å². The summed E-state index contributed by atoms with van der Waals surface area (Å²) in [7, 11) is -2.28. The molecule has 0 N–H and O–H groups in total. The second-order valence-corrected chi connectivity index (χ2v) is 9.26. The maximum absolute atomic E-state index is 13.2. The molecule has 1 saturated heterocycles. The second kappa shape index (κ2) is 9.06. The Morgan fingerprint density at radius 2 is 1.63 bits per heavy atom. The van der Waals surface area contributed by atoms with Gasteiger partial charge >= 0.3 is 5.97 Å². The molecule has 1 aliphatic carbocycles. The highest BCUT2D eigenvalue weighted by atomic mass is 32.2. The molecule has 0 amide bonds. The predicted octanol–water partition coefficient (Wildman–Crippen LogP) is 3.75. The third kappa shape index (κ3) is 4.82. The summed E-state index contributed by atoms with van der Waals surface area (Å²) in [6.45, 7) is 1.00. The molecule has 27 heavy (non-hydrogen) atoms. The summed E-state index contributed by atoms with van der Waals surface area (Å²) in [4.78, 5) is 12.6. The summed E-state index contributed by atoms with van der Waals surface area (Å²) in [6.07, 6.45) is 8.77. The first kappa shape index (κ1) is 20.1. The van der Waals surface area contributed by atoms with Crippen LogP contribution in [0.4, 0.5) is 0 Å². The molecule has 0 bridgehead atoms. The molecule has 6 nitrogen and oxygen atoms in total. The molecule has 0 unspecified atom stereocenters. The SMILES string of the molecule is COc1ccc(C(=O)OC2CCCCC2)cc1S(=O)(=O)N1CCCCCC1. The van der Waals surface area contributed by atoms with Gasteiger partial charge in [0.05, 0.1) is 12.7 Å². The van der Waals surface area contributed by atoms with Crippen LogP contribution in [0.15, 0.2) is 23.1 Å². The van der Waals surface area contributed by atoms with Crippen LogP contribution < -0.4 is 4.74 Å². The lowest BCUT2D eigenvalue weighted by molar-refractivity contribution is 0.0211. The van der Waals surface area contributed by atoms with Crippen molar-refractivity contribution in [2.45, 2.75) is 68.8 Å². The highest BCUT2D eigenvalue weighted by Gasteiger charge is 2.30. The number of hydrogen-bond acceptors (Lipinski definition) is 5. The first-order chi connectivity index (χ1) is 13.0. The third-order valence-corrected chi connectivity index (χ3v) is 7.33. The minimum Gasteiger partial charge on any atom is -0.495 e. The fraction of sp³-hybridized carbons (Fsp3) is 0.650. The smallest absolute Gasteiger partial charge is 0.338 e. The minimum atomic E-state index is -3.72. The van der Waals surface area contributed by atoms with Crippen molar-refractivity contribution < 1.29 is 22.7 Å². The highest BCUT2D eigenvalue weighted by molar-refractivity contribution is 7.89. The highest BCUT2D eigenvalue weighted by Crippen LogP contribution is 2.30. The van der Waals surface area contributed by atoms with Crippen molar-refractivity contribution in [2.24, 2.45) is 0 Å². The Kier molecular flexibility index (Phi) is 6.76. The average molecular weight is 396 g/mol. The quantitative estimate of drug-likeness (QED) is 0.710. The molecule has 2 fully saturated rings. The zero-order valence-electron chi connectivity index (χ0n) is 16.0. The standard InChI is InChI=1S/C20H29NO5S/c1-25-18-12-11-16(20(22)26-17-9-5-4-6-10-17)15-19(18)27(23,24)21-13-7-2-3-8-14-21/h11-12,15,17H,2-10,13-14H2,1H3. The van der Waals surface area contributed by atoms with Gasteiger partial charge in [-0.1, -0.05) is 19.3 Å². The van der Waals surface area contributed by atoms with E-state index in [9.17, 15) is 13.2 Å².